The van der Waals surface area contributed by atoms with Gasteiger partial charge in [0.05, 0.1) is 26.9 Å². The van der Waals surface area contributed by atoms with Gasteiger partial charge in [0.25, 0.3) is 0 Å². The minimum absolute atomic E-state index is 0.692. The molecule has 0 aliphatic carbocycles. The van der Waals surface area contributed by atoms with Crippen molar-refractivity contribution < 1.29 is 4.42 Å². The largest absolute Gasteiger partial charge is 0.455 e. The van der Waals surface area contributed by atoms with E-state index in [0.29, 0.717) is 5.82 Å². The van der Waals surface area contributed by atoms with Gasteiger partial charge in [0, 0.05) is 48.4 Å². The molecule has 0 fully saturated rings. The number of hydrogen-bond donors (Lipinski definition) is 0. The lowest BCUT2D eigenvalue weighted by atomic mass is 10.0. The van der Waals surface area contributed by atoms with E-state index in [1.54, 1.807) is 11.3 Å². The van der Waals surface area contributed by atoms with Crippen molar-refractivity contribution >= 4 is 75.4 Å². The van der Waals surface area contributed by atoms with Gasteiger partial charge in [0.2, 0.25) is 0 Å². The average molecular weight is 670 g/mol. The number of para-hydroxylation sites is 3. The Labute approximate surface area is 296 Å². The third-order valence-electron chi connectivity index (χ3n) is 10.0. The van der Waals surface area contributed by atoms with Gasteiger partial charge in [-0.05, 0) is 59.7 Å². The van der Waals surface area contributed by atoms with Crippen molar-refractivity contribution in [2.45, 2.75) is 0 Å². The van der Waals surface area contributed by atoms with E-state index in [9.17, 15) is 0 Å². The van der Waals surface area contributed by atoms with Crippen molar-refractivity contribution in [3.8, 4) is 39.5 Å². The Hall–Kier alpha value is -6.56. The third-order valence-corrected chi connectivity index (χ3v) is 11.2. The fourth-order valence-corrected chi connectivity index (χ4v) is 8.90. The maximum atomic E-state index is 6.58. The van der Waals surface area contributed by atoms with E-state index >= 15 is 0 Å². The molecule has 0 radical (unpaired) electrons. The van der Waals surface area contributed by atoms with Crippen LogP contribution in [0, 0.1) is 0 Å². The first kappa shape index (κ1) is 28.3. The van der Waals surface area contributed by atoms with Crippen LogP contribution >= 0.6 is 11.3 Å². The minimum Gasteiger partial charge on any atom is -0.455 e. The smallest absolute Gasteiger partial charge is 0.161 e. The number of benzene rings is 7. The van der Waals surface area contributed by atoms with Gasteiger partial charge in [-0.25, -0.2) is 9.97 Å². The molecule has 0 bridgehead atoms. The Morgan fingerprint density at radius 1 is 0.510 bits per heavy atom. The molecular formula is C46H27N3OS. The normalized spacial score (nSPS) is 11.9. The van der Waals surface area contributed by atoms with E-state index in [1.165, 1.54) is 15.8 Å². The zero-order valence-corrected chi connectivity index (χ0v) is 28.1. The summed E-state index contributed by atoms with van der Waals surface area (Å²) in [7, 11) is 0. The molecule has 0 aliphatic rings. The lowest BCUT2D eigenvalue weighted by molar-refractivity contribution is 0.670. The summed E-state index contributed by atoms with van der Waals surface area (Å²) in [6, 6.07) is 57.6. The van der Waals surface area contributed by atoms with Crippen molar-refractivity contribution in [2.24, 2.45) is 0 Å². The third kappa shape index (κ3) is 4.25. The highest BCUT2D eigenvalue weighted by molar-refractivity contribution is 7.26. The molecule has 0 saturated carbocycles. The van der Waals surface area contributed by atoms with Crippen LogP contribution in [-0.4, -0.2) is 14.5 Å². The van der Waals surface area contributed by atoms with Crippen LogP contribution in [0.15, 0.2) is 168 Å². The molecule has 7 aromatic carbocycles. The first-order chi connectivity index (χ1) is 25.3. The Balaban J connectivity index is 1.26. The predicted octanol–water partition coefficient (Wildman–Crippen LogP) is 12.8. The summed E-state index contributed by atoms with van der Waals surface area (Å²) in [4.78, 5) is 10.9. The molecule has 0 saturated heterocycles. The van der Waals surface area contributed by atoms with Crippen LogP contribution in [0.3, 0.4) is 0 Å². The van der Waals surface area contributed by atoms with Crippen molar-refractivity contribution in [1.82, 2.24) is 14.5 Å². The van der Waals surface area contributed by atoms with E-state index in [4.69, 9.17) is 14.4 Å². The van der Waals surface area contributed by atoms with Crippen molar-refractivity contribution in [3.63, 3.8) is 0 Å². The molecule has 0 atom stereocenters. The predicted molar refractivity (Wildman–Crippen MR) is 213 cm³/mol. The molecule has 11 aromatic rings. The number of nitrogens with zero attached hydrogens (tertiary/aromatic N) is 3. The fraction of sp³-hybridized carbons (Fsp3) is 0. The first-order valence-corrected chi connectivity index (χ1v) is 17.9. The molecule has 0 aliphatic heterocycles. The van der Waals surface area contributed by atoms with Gasteiger partial charge >= 0.3 is 0 Å². The van der Waals surface area contributed by atoms with Gasteiger partial charge in [0.15, 0.2) is 5.82 Å². The molecule has 0 unspecified atom stereocenters. The highest BCUT2D eigenvalue weighted by atomic mass is 32.1. The van der Waals surface area contributed by atoms with Crippen molar-refractivity contribution in [2.75, 3.05) is 0 Å². The van der Waals surface area contributed by atoms with Crippen molar-refractivity contribution in [3.05, 3.63) is 164 Å². The molecule has 0 amide bonds. The van der Waals surface area contributed by atoms with E-state index in [0.717, 1.165) is 81.9 Å². The quantitative estimate of drug-likeness (QED) is 0.187. The second-order valence-electron chi connectivity index (χ2n) is 12.9. The van der Waals surface area contributed by atoms with E-state index < -0.39 is 0 Å². The van der Waals surface area contributed by atoms with Gasteiger partial charge in [-0.2, -0.15) is 0 Å². The number of hydrogen-bond acceptors (Lipinski definition) is 4. The molecule has 11 rings (SSSR count). The number of thiophene rings is 1. The SMILES string of the molecule is c1ccc(-c2ccc3c(c2)c2c(-c4nc(-c5cccc6c5oc5ccccc56)c5sc6ccccc6c5n4)cccc2n3-c2ccccc2)cc1. The molecule has 51 heavy (non-hydrogen) atoms. The van der Waals surface area contributed by atoms with Gasteiger partial charge < -0.3 is 8.98 Å². The number of furan rings is 1. The van der Waals surface area contributed by atoms with Gasteiger partial charge in [0.1, 0.15) is 11.2 Å². The zero-order chi connectivity index (χ0) is 33.5. The Morgan fingerprint density at radius 2 is 1.24 bits per heavy atom. The Kier molecular flexibility index (Phi) is 6.09. The summed E-state index contributed by atoms with van der Waals surface area (Å²) in [6.45, 7) is 0. The Morgan fingerprint density at radius 3 is 2.12 bits per heavy atom. The lowest BCUT2D eigenvalue weighted by Gasteiger charge is -2.10. The molecule has 4 heterocycles. The second-order valence-corrected chi connectivity index (χ2v) is 14.0. The molecule has 4 nitrogen and oxygen atoms in total. The van der Waals surface area contributed by atoms with Crippen LogP contribution in [0.25, 0.3) is 104 Å². The topological polar surface area (TPSA) is 43.9 Å². The second kappa shape index (κ2) is 11.0. The molecule has 5 heteroatoms. The van der Waals surface area contributed by atoms with Crippen LogP contribution in [0.5, 0.6) is 0 Å². The Bertz CT molecular complexity index is 3140. The zero-order valence-electron chi connectivity index (χ0n) is 27.2. The molecular weight excluding hydrogens is 643 g/mol. The van der Waals surface area contributed by atoms with E-state index in [1.807, 2.05) is 12.1 Å². The van der Waals surface area contributed by atoms with Crippen LogP contribution in [0.2, 0.25) is 0 Å². The van der Waals surface area contributed by atoms with Crippen LogP contribution < -0.4 is 0 Å². The average Bonchev–Trinajstić information content (AvgIpc) is 3.88. The van der Waals surface area contributed by atoms with Crippen molar-refractivity contribution in [1.29, 1.82) is 0 Å². The highest BCUT2D eigenvalue weighted by Gasteiger charge is 2.23. The van der Waals surface area contributed by atoms with E-state index in [-0.39, 0.29) is 0 Å². The standard InChI is InChI=1S/C46H27N3OS/c1-3-13-28(14-4-1)29-25-26-37-36(27-29)41-34(20-12-22-38(41)49(37)30-15-5-2-6-16-30)46-47-42-33-18-8-10-24-40(33)51-45(42)43(48-46)35-21-11-19-32-31-17-7-9-23-39(31)50-44(32)35/h1-27H. The van der Waals surface area contributed by atoms with Crippen LogP contribution in [0.4, 0.5) is 0 Å². The molecule has 0 N–H and O–H groups in total. The molecule has 0 spiro atoms. The number of aromatic nitrogens is 3. The summed E-state index contributed by atoms with van der Waals surface area (Å²) in [5.74, 6) is 0.692. The van der Waals surface area contributed by atoms with Crippen LogP contribution in [-0.2, 0) is 0 Å². The number of fused-ring (bicyclic) bond motifs is 9. The maximum absolute atomic E-state index is 6.58. The first-order valence-electron chi connectivity index (χ1n) is 17.1. The summed E-state index contributed by atoms with van der Waals surface area (Å²) in [5.41, 5.74) is 11.2. The maximum Gasteiger partial charge on any atom is 0.161 e. The minimum atomic E-state index is 0.692. The molecule has 238 valence electrons. The van der Waals surface area contributed by atoms with E-state index in [2.05, 4.69) is 156 Å². The summed E-state index contributed by atoms with van der Waals surface area (Å²) in [5, 5.41) is 5.60. The highest BCUT2D eigenvalue weighted by Crippen LogP contribution is 2.45. The summed E-state index contributed by atoms with van der Waals surface area (Å²) in [6.07, 6.45) is 0. The monoisotopic (exact) mass is 669 g/mol. The lowest BCUT2D eigenvalue weighted by Crippen LogP contribution is -1.95. The summed E-state index contributed by atoms with van der Waals surface area (Å²) >= 11 is 1.74. The van der Waals surface area contributed by atoms with Gasteiger partial charge in [-0.3, -0.25) is 0 Å². The van der Waals surface area contributed by atoms with Gasteiger partial charge in [-0.15, -0.1) is 11.3 Å². The molecule has 4 aromatic heterocycles. The van der Waals surface area contributed by atoms with Gasteiger partial charge in [-0.1, -0.05) is 115 Å². The number of rotatable bonds is 4. The fourth-order valence-electron chi connectivity index (χ4n) is 7.75. The summed E-state index contributed by atoms with van der Waals surface area (Å²) < 4.78 is 11.2. The van der Waals surface area contributed by atoms with Crippen LogP contribution in [0.1, 0.15) is 0 Å².